The fourth-order valence-corrected chi connectivity index (χ4v) is 1.77. The zero-order valence-corrected chi connectivity index (χ0v) is 10.3. The van der Waals surface area contributed by atoms with Crippen LogP contribution < -0.4 is 4.74 Å². The van der Waals surface area contributed by atoms with Gasteiger partial charge in [-0.2, -0.15) is 0 Å². The first-order valence-electron chi connectivity index (χ1n) is 5.36. The smallest absolute Gasteiger partial charge is 0.126 e. The highest BCUT2D eigenvalue weighted by Gasteiger charge is 1.99. The van der Waals surface area contributed by atoms with Crippen LogP contribution in [0.2, 0.25) is 5.02 Å². The highest BCUT2D eigenvalue weighted by atomic mass is 35.5. The highest BCUT2D eigenvalue weighted by molar-refractivity contribution is 6.30. The highest BCUT2D eigenvalue weighted by Crippen LogP contribution is 2.24. The van der Waals surface area contributed by atoms with Crippen LogP contribution in [0.4, 0.5) is 0 Å². The van der Waals surface area contributed by atoms with Crippen molar-refractivity contribution in [1.82, 2.24) is 0 Å². The van der Waals surface area contributed by atoms with Gasteiger partial charge < -0.3 is 4.74 Å². The molecule has 0 aliphatic rings. The van der Waals surface area contributed by atoms with Crippen LogP contribution in [-0.4, -0.2) is 7.11 Å². The minimum atomic E-state index is 0.707. The molecule has 2 rings (SSSR count). The van der Waals surface area contributed by atoms with Gasteiger partial charge in [-0.1, -0.05) is 54.1 Å². The number of hydrogen-bond acceptors (Lipinski definition) is 1. The quantitative estimate of drug-likeness (QED) is 0.722. The van der Waals surface area contributed by atoms with Crippen molar-refractivity contribution in [2.45, 2.75) is 0 Å². The molecule has 0 atom stereocenters. The van der Waals surface area contributed by atoms with Crippen LogP contribution in [0.1, 0.15) is 11.1 Å². The first kappa shape index (κ1) is 11.7. The van der Waals surface area contributed by atoms with E-state index in [1.165, 1.54) is 0 Å². The fourth-order valence-electron chi connectivity index (χ4n) is 1.59. The van der Waals surface area contributed by atoms with Crippen LogP contribution in [0.15, 0.2) is 48.5 Å². The van der Waals surface area contributed by atoms with E-state index in [0.29, 0.717) is 5.02 Å². The van der Waals surface area contributed by atoms with Crippen molar-refractivity contribution in [2.75, 3.05) is 7.11 Å². The first-order valence-corrected chi connectivity index (χ1v) is 5.74. The van der Waals surface area contributed by atoms with Crippen molar-refractivity contribution in [3.63, 3.8) is 0 Å². The lowest BCUT2D eigenvalue weighted by Crippen LogP contribution is -1.86. The Morgan fingerprint density at radius 3 is 2.47 bits per heavy atom. The second-order valence-electron chi connectivity index (χ2n) is 3.63. The zero-order chi connectivity index (χ0) is 12.1. The van der Waals surface area contributed by atoms with E-state index in [2.05, 4.69) is 0 Å². The van der Waals surface area contributed by atoms with E-state index in [1.807, 2.05) is 60.7 Å². The van der Waals surface area contributed by atoms with Gasteiger partial charge in [-0.05, 0) is 23.8 Å². The summed E-state index contributed by atoms with van der Waals surface area (Å²) in [5.74, 6) is 0.821. The number of rotatable bonds is 3. The van der Waals surface area contributed by atoms with Crippen molar-refractivity contribution in [3.05, 3.63) is 64.7 Å². The van der Waals surface area contributed by atoms with E-state index in [1.54, 1.807) is 7.11 Å². The summed E-state index contributed by atoms with van der Waals surface area (Å²) >= 11 is 5.97. The second kappa shape index (κ2) is 5.55. The van der Waals surface area contributed by atoms with E-state index in [0.717, 1.165) is 16.9 Å². The molecule has 0 aliphatic heterocycles. The minimum Gasteiger partial charge on any atom is -0.496 e. The lowest BCUT2D eigenvalue weighted by Gasteiger charge is -2.04. The van der Waals surface area contributed by atoms with Gasteiger partial charge in [0.15, 0.2) is 0 Å². The third kappa shape index (κ3) is 3.11. The molecule has 0 spiro atoms. The molecule has 0 amide bonds. The molecule has 0 heterocycles. The Morgan fingerprint density at radius 2 is 1.76 bits per heavy atom. The zero-order valence-electron chi connectivity index (χ0n) is 9.56. The molecular weight excluding hydrogens is 232 g/mol. The molecule has 0 saturated carbocycles. The van der Waals surface area contributed by atoms with Crippen molar-refractivity contribution < 1.29 is 4.74 Å². The molecule has 0 bridgehead atoms. The molecule has 86 valence electrons. The van der Waals surface area contributed by atoms with E-state index in [4.69, 9.17) is 16.3 Å². The number of hydrogen-bond donors (Lipinski definition) is 0. The monoisotopic (exact) mass is 244 g/mol. The molecule has 2 aromatic rings. The van der Waals surface area contributed by atoms with Gasteiger partial charge in [0, 0.05) is 10.6 Å². The van der Waals surface area contributed by atoms with Gasteiger partial charge in [0.2, 0.25) is 0 Å². The van der Waals surface area contributed by atoms with Crippen molar-refractivity contribution in [1.29, 1.82) is 0 Å². The number of methoxy groups -OCH3 is 1. The largest absolute Gasteiger partial charge is 0.496 e. The number of benzene rings is 2. The summed E-state index contributed by atoms with van der Waals surface area (Å²) in [6.07, 6.45) is 4.04. The van der Waals surface area contributed by atoms with Gasteiger partial charge in [0.05, 0.1) is 7.11 Å². The van der Waals surface area contributed by atoms with Crippen LogP contribution >= 0.6 is 11.6 Å². The summed E-state index contributed by atoms with van der Waals surface area (Å²) in [6.45, 7) is 0. The molecule has 17 heavy (non-hydrogen) atoms. The Hall–Kier alpha value is -1.73. The molecule has 0 N–H and O–H groups in total. The molecule has 0 aromatic heterocycles. The van der Waals surface area contributed by atoms with Crippen molar-refractivity contribution in [3.8, 4) is 5.75 Å². The summed E-state index contributed by atoms with van der Waals surface area (Å²) < 4.78 is 5.28. The Morgan fingerprint density at radius 1 is 1.00 bits per heavy atom. The SMILES string of the molecule is COc1ccc(Cl)cc1C=Cc1ccccc1. The molecular formula is C15H13ClO. The maximum absolute atomic E-state index is 5.97. The van der Waals surface area contributed by atoms with Crippen molar-refractivity contribution >= 4 is 23.8 Å². The Labute approximate surface area is 106 Å². The normalized spacial score (nSPS) is 10.7. The summed E-state index contributed by atoms with van der Waals surface area (Å²) in [7, 11) is 1.66. The maximum atomic E-state index is 5.97. The molecule has 1 nitrogen and oxygen atoms in total. The molecule has 0 fully saturated rings. The lowest BCUT2D eigenvalue weighted by molar-refractivity contribution is 0.414. The van der Waals surface area contributed by atoms with Crippen LogP contribution in [0, 0.1) is 0 Å². The summed E-state index contributed by atoms with van der Waals surface area (Å²) in [4.78, 5) is 0. The van der Waals surface area contributed by atoms with Gasteiger partial charge in [-0.3, -0.25) is 0 Å². The fraction of sp³-hybridized carbons (Fsp3) is 0.0667. The molecule has 2 heteroatoms. The molecule has 0 saturated heterocycles. The Kier molecular flexibility index (Phi) is 3.84. The van der Waals surface area contributed by atoms with E-state index in [9.17, 15) is 0 Å². The van der Waals surface area contributed by atoms with E-state index in [-0.39, 0.29) is 0 Å². The standard InChI is InChI=1S/C15H13ClO/c1-17-15-10-9-14(16)11-13(15)8-7-12-5-3-2-4-6-12/h2-11H,1H3. The first-order chi connectivity index (χ1) is 8.29. The van der Waals surface area contributed by atoms with Gasteiger partial charge >= 0.3 is 0 Å². The number of ether oxygens (including phenoxy) is 1. The van der Waals surface area contributed by atoms with E-state index < -0.39 is 0 Å². The Balaban J connectivity index is 2.29. The predicted molar refractivity (Wildman–Crippen MR) is 73.4 cm³/mol. The molecule has 0 aliphatic carbocycles. The molecule has 0 radical (unpaired) electrons. The van der Waals surface area contributed by atoms with Crippen LogP contribution in [-0.2, 0) is 0 Å². The molecule has 2 aromatic carbocycles. The van der Waals surface area contributed by atoms with Gasteiger partial charge in [-0.15, -0.1) is 0 Å². The van der Waals surface area contributed by atoms with Gasteiger partial charge in [0.25, 0.3) is 0 Å². The van der Waals surface area contributed by atoms with Gasteiger partial charge in [0.1, 0.15) is 5.75 Å². The topological polar surface area (TPSA) is 9.23 Å². The lowest BCUT2D eigenvalue weighted by atomic mass is 10.1. The maximum Gasteiger partial charge on any atom is 0.126 e. The van der Waals surface area contributed by atoms with Crippen LogP contribution in [0.25, 0.3) is 12.2 Å². The third-order valence-electron chi connectivity index (χ3n) is 2.45. The predicted octanol–water partition coefficient (Wildman–Crippen LogP) is 4.52. The minimum absolute atomic E-state index is 0.707. The summed E-state index contributed by atoms with van der Waals surface area (Å²) in [6, 6.07) is 15.7. The van der Waals surface area contributed by atoms with E-state index >= 15 is 0 Å². The Bertz CT molecular complexity index is 518. The average molecular weight is 245 g/mol. The summed E-state index contributed by atoms with van der Waals surface area (Å²) in [5.41, 5.74) is 2.12. The summed E-state index contributed by atoms with van der Waals surface area (Å²) in [5, 5.41) is 0.707. The average Bonchev–Trinajstić information content (AvgIpc) is 2.38. The third-order valence-corrected chi connectivity index (χ3v) is 2.68. The second-order valence-corrected chi connectivity index (χ2v) is 4.07. The van der Waals surface area contributed by atoms with Crippen molar-refractivity contribution in [2.24, 2.45) is 0 Å². The van der Waals surface area contributed by atoms with Gasteiger partial charge in [-0.25, -0.2) is 0 Å². The van der Waals surface area contributed by atoms with Crippen LogP contribution in [0.5, 0.6) is 5.75 Å². The molecule has 0 unspecified atom stereocenters. The number of halogens is 1. The van der Waals surface area contributed by atoms with Crippen LogP contribution in [0.3, 0.4) is 0 Å².